The summed E-state index contributed by atoms with van der Waals surface area (Å²) in [6.07, 6.45) is 44.1. The van der Waals surface area contributed by atoms with E-state index in [1.807, 2.05) is 12.3 Å². The molecule has 6 atom stereocenters. The highest BCUT2D eigenvalue weighted by Crippen LogP contribution is 2.54. The Hall–Kier alpha value is -9.39. The fourth-order valence-corrected chi connectivity index (χ4v) is 19.6. The molecule has 5 heterocycles. The summed E-state index contributed by atoms with van der Waals surface area (Å²) >= 11 is 0. The lowest BCUT2D eigenvalue weighted by Gasteiger charge is -2.53. The molecule has 0 fully saturated rings. The van der Waals surface area contributed by atoms with Gasteiger partial charge in [-0.2, -0.15) is 0 Å². The first-order valence-corrected chi connectivity index (χ1v) is 36.3. The molecule has 8 aliphatic rings. The topological polar surface area (TPSA) is 29.2 Å². The van der Waals surface area contributed by atoms with E-state index in [0.717, 1.165) is 62.6 Å². The highest BCUT2D eigenvalue weighted by Gasteiger charge is 2.51. The first kappa shape index (κ1) is 57.1. The van der Waals surface area contributed by atoms with Crippen LogP contribution in [-0.2, 0) is 0 Å². The Labute approximate surface area is 560 Å². The van der Waals surface area contributed by atoms with Gasteiger partial charge in [0.05, 0.1) is 39.8 Å². The van der Waals surface area contributed by atoms with Crippen LogP contribution in [0.15, 0.2) is 265 Å². The predicted molar refractivity (Wildman–Crippen MR) is 401 cm³/mol. The molecule has 19 rings (SSSR count). The molecule has 466 valence electrons. The van der Waals surface area contributed by atoms with Gasteiger partial charge in [0, 0.05) is 79.3 Å². The van der Waals surface area contributed by atoms with E-state index in [-0.39, 0.29) is 18.8 Å². The molecule has 6 unspecified atom stereocenters. The van der Waals surface area contributed by atoms with Crippen molar-refractivity contribution in [2.75, 3.05) is 9.80 Å². The van der Waals surface area contributed by atoms with Crippen LogP contribution in [0.3, 0.4) is 0 Å². The van der Waals surface area contributed by atoms with Gasteiger partial charge in [-0.3, -0.25) is 4.98 Å². The number of rotatable bonds is 10. The van der Waals surface area contributed by atoms with Gasteiger partial charge in [-0.15, -0.1) is 0 Å². The molecule has 0 spiro atoms. The minimum Gasteiger partial charge on any atom is -0.334 e. The molecule has 0 saturated heterocycles. The van der Waals surface area contributed by atoms with Crippen LogP contribution < -0.4 is 26.2 Å². The van der Waals surface area contributed by atoms with Crippen molar-refractivity contribution < 1.29 is 0 Å². The number of allylic oxidation sites excluding steroid dienone is 8. The van der Waals surface area contributed by atoms with E-state index in [1.165, 1.54) is 169 Å². The summed E-state index contributed by atoms with van der Waals surface area (Å²) in [4.78, 5) is 11.0. The van der Waals surface area contributed by atoms with Crippen LogP contribution in [0.5, 0.6) is 0 Å². The van der Waals surface area contributed by atoms with Crippen molar-refractivity contribution in [1.29, 1.82) is 0 Å². The smallest absolute Gasteiger partial charge is 0.252 e. The van der Waals surface area contributed by atoms with E-state index in [0.29, 0.717) is 23.7 Å². The summed E-state index contributed by atoms with van der Waals surface area (Å²) < 4.78 is 5.17. The standard InChI is InChI=1S/C89H82BN5/c1-5-25-60(26-6-1)68-37-23-38-69(61-27-7-2-8-28-61)88(68)94-83-57-66(92-79-42-17-13-33-72(79)73-34-14-18-43-80(73)92)50-52-76(83)90-77-53-51-67(93-81-44-19-15-35-74(81)75-36-16-20-45-82(75)93)58-84(77)95(89-70(62-29-9-3-10-30-62)39-24-40-71(89)63-31-11-4-12-32-63)86-56-65(55-85(94)87(86)90)59-46-48-64(49-47-59)78-41-21-22-54-91-78/h1,3,5,9,13-22,27,31,33-37,39,41-58,60,62,69,71,88-89H,2,4,6-8,10-12,23-26,28-30,32,38,40H2. The second kappa shape index (κ2) is 23.8. The SMILES string of the molecule is C1=CCC(C2=CCCC(C3=CCCCC3)C2N2c3cc(-n4c5ccccc5c5ccccc54)ccc3B3c4ccc(-n5c6ccccc6c6ccccc65)cc4N(C4C(C5CC=CCC5)=CCCC4C4=CCCCC4)c4cc(-c5ccc(-c6ccccn6)cc5)cc2c43)CC1. The van der Waals surface area contributed by atoms with E-state index in [2.05, 4.69) is 250 Å². The van der Waals surface area contributed by atoms with Crippen LogP contribution >= 0.6 is 0 Å². The van der Waals surface area contributed by atoms with Crippen molar-refractivity contribution in [1.82, 2.24) is 14.1 Å². The highest BCUT2D eigenvalue weighted by molar-refractivity contribution is 7.00. The van der Waals surface area contributed by atoms with E-state index < -0.39 is 0 Å². The van der Waals surface area contributed by atoms with Crippen molar-refractivity contribution in [3.8, 4) is 33.8 Å². The van der Waals surface area contributed by atoms with Crippen molar-refractivity contribution in [2.45, 2.75) is 128 Å². The Morgan fingerprint density at radius 2 is 0.832 bits per heavy atom. The fraction of sp³-hybridized carbons (Fsp3) is 0.270. The first-order valence-electron chi connectivity index (χ1n) is 36.3. The Morgan fingerprint density at radius 3 is 1.26 bits per heavy atom. The van der Waals surface area contributed by atoms with Crippen LogP contribution in [0.4, 0.5) is 22.7 Å². The zero-order chi connectivity index (χ0) is 62.5. The fourth-order valence-electron chi connectivity index (χ4n) is 19.6. The normalized spacial score (nSPS) is 22.5. The number of para-hydroxylation sites is 4. The van der Waals surface area contributed by atoms with Gasteiger partial charge in [-0.1, -0.05) is 175 Å². The zero-order valence-corrected chi connectivity index (χ0v) is 54.6. The quantitative estimate of drug-likeness (QED) is 0.101. The summed E-state index contributed by atoms with van der Waals surface area (Å²) in [7, 11) is 0. The summed E-state index contributed by atoms with van der Waals surface area (Å²) in [6.45, 7) is -0.0561. The lowest BCUT2D eigenvalue weighted by Crippen LogP contribution is -2.65. The summed E-state index contributed by atoms with van der Waals surface area (Å²) in [5.74, 6) is 1.68. The molecule has 6 aliphatic carbocycles. The molecule has 2 aliphatic heterocycles. The van der Waals surface area contributed by atoms with Crippen molar-refractivity contribution in [2.24, 2.45) is 23.7 Å². The first-order chi connectivity index (χ1) is 47.2. The van der Waals surface area contributed by atoms with Gasteiger partial charge in [0.15, 0.2) is 0 Å². The molecule has 0 bridgehead atoms. The second-order valence-electron chi connectivity index (χ2n) is 28.8. The van der Waals surface area contributed by atoms with Crippen LogP contribution in [0, 0.1) is 23.7 Å². The maximum absolute atomic E-state index is 4.87. The molecule has 0 amide bonds. The number of hydrogen-bond acceptors (Lipinski definition) is 3. The molecule has 0 radical (unpaired) electrons. The average molecular weight is 1230 g/mol. The second-order valence-corrected chi connectivity index (χ2v) is 28.8. The molecule has 5 nitrogen and oxygen atoms in total. The van der Waals surface area contributed by atoms with Crippen LogP contribution in [0.25, 0.3) is 77.4 Å². The average Bonchev–Trinajstić information content (AvgIpc) is 0.704. The Bertz CT molecular complexity index is 4670. The van der Waals surface area contributed by atoms with Gasteiger partial charge in [-0.25, -0.2) is 0 Å². The van der Waals surface area contributed by atoms with E-state index >= 15 is 0 Å². The van der Waals surface area contributed by atoms with Crippen molar-refractivity contribution >= 4 is 89.5 Å². The Balaban J connectivity index is 0.941. The maximum atomic E-state index is 4.87. The monoisotopic (exact) mass is 1230 g/mol. The number of hydrogen-bond donors (Lipinski definition) is 0. The third kappa shape index (κ3) is 9.50. The molecule has 95 heavy (non-hydrogen) atoms. The van der Waals surface area contributed by atoms with Crippen LogP contribution in [0.1, 0.15) is 116 Å². The number of anilines is 4. The summed E-state index contributed by atoms with van der Waals surface area (Å²) in [5.41, 5.74) is 28.6. The summed E-state index contributed by atoms with van der Waals surface area (Å²) in [6, 6.07) is 73.5. The van der Waals surface area contributed by atoms with Gasteiger partial charge in [0.1, 0.15) is 0 Å². The van der Waals surface area contributed by atoms with Crippen molar-refractivity contribution in [3.05, 3.63) is 265 Å². The highest BCUT2D eigenvalue weighted by atomic mass is 15.2. The lowest BCUT2D eigenvalue weighted by molar-refractivity contribution is 0.391. The molecule has 8 aromatic carbocycles. The van der Waals surface area contributed by atoms with Gasteiger partial charge in [0.2, 0.25) is 0 Å². The molecule has 3 aromatic heterocycles. The van der Waals surface area contributed by atoms with Crippen LogP contribution in [-0.4, -0.2) is 32.9 Å². The number of fused-ring (bicyclic) bond motifs is 10. The predicted octanol–water partition coefficient (Wildman–Crippen LogP) is 21.2. The summed E-state index contributed by atoms with van der Waals surface area (Å²) in [5, 5.41) is 5.17. The number of aromatic nitrogens is 3. The van der Waals surface area contributed by atoms with Gasteiger partial charge >= 0.3 is 0 Å². The number of pyridine rings is 1. The molecular weight excluding hydrogens is 1150 g/mol. The third-order valence-electron chi connectivity index (χ3n) is 23.8. The Morgan fingerprint density at radius 1 is 0.368 bits per heavy atom. The minimum atomic E-state index is -0.0561. The van der Waals surface area contributed by atoms with Crippen molar-refractivity contribution in [3.63, 3.8) is 0 Å². The molecule has 0 saturated carbocycles. The van der Waals surface area contributed by atoms with E-state index in [1.54, 1.807) is 22.3 Å². The molecule has 0 N–H and O–H groups in total. The maximum Gasteiger partial charge on any atom is 0.252 e. The Kier molecular flexibility index (Phi) is 14.3. The molecular formula is C89H82BN5. The number of benzene rings is 8. The largest absolute Gasteiger partial charge is 0.334 e. The van der Waals surface area contributed by atoms with Gasteiger partial charge in [-0.05, 0) is 239 Å². The lowest BCUT2D eigenvalue weighted by atomic mass is 9.33. The van der Waals surface area contributed by atoms with E-state index in [4.69, 9.17) is 4.98 Å². The van der Waals surface area contributed by atoms with Gasteiger partial charge < -0.3 is 18.9 Å². The zero-order valence-electron chi connectivity index (χ0n) is 54.6. The molecule has 11 aromatic rings. The minimum absolute atomic E-state index is 0.0561. The number of nitrogens with zero attached hydrogens (tertiary/aromatic N) is 5. The van der Waals surface area contributed by atoms with Crippen LogP contribution in [0.2, 0.25) is 0 Å². The van der Waals surface area contributed by atoms with E-state index in [9.17, 15) is 0 Å². The van der Waals surface area contributed by atoms with Gasteiger partial charge in [0.25, 0.3) is 6.71 Å². The molecule has 6 heteroatoms. The third-order valence-corrected chi connectivity index (χ3v) is 23.8.